The van der Waals surface area contributed by atoms with Crippen LogP contribution in [0.1, 0.15) is 43.6 Å². The van der Waals surface area contributed by atoms with E-state index in [1.54, 1.807) is 0 Å². The Hall–Kier alpha value is -2.47. The van der Waals surface area contributed by atoms with Crippen LogP contribution in [0.25, 0.3) is 5.69 Å². The summed E-state index contributed by atoms with van der Waals surface area (Å²) < 4.78 is 4.11. The molecule has 1 fully saturated rings. The molecule has 1 aliphatic rings. The SMILES string of the molecule is CCn1cc(CN2CCCC[C@@H]2c2nncn2-c2ccccc2)cn1. The van der Waals surface area contributed by atoms with Gasteiger partial charge in [0.05, 0.1) is 12.2 Å². The zero-order chi connectivity index (χ0) is 17.1. The molecule has 1 saturated heterocycles. The zero-order valence-electron chi connectivity index (χ0n) is 14.6. The van der Waals surface area contributed by atoms with Crippen molar-refractivity contribution in [1.82, 2.24) is 29.4 Å². The van der Waals surface area contributed by atoms with Gasteiger partial charge < -0.3 is 0 Å². The van der Waals surface area contributed by atoms with Gasteiger partial charge in [-0.25, -0.2) is 0 Å². The van der Waals surface area contributed by atoms with E-state index in [9.17, 15) is 0 Å². The lowest BCUT2D eigenvalue weighted by Gasteiger charge is -2.34. The van der Waals surface area contributed by atoms with Gasteiger partial charge >= 0.3 is 0 Å². The Labute approximate surface area is 148 Å². The van der Waals surface area contributed by atoms with Crippen LogP contribution < -0.4 is 0 Å². The third kappa shape index (κ3) is 3.35. The molecule has 4 rings (SSSR count). The van der Waals surface area contributed by atoms with Crippen LogP contribution in [0, 0.1) is 0 Å². The van der Waals surface area contributed by atoms with Gasteiger partial charge in [0.2, 0.25) is 0 Å². The van der Waals surface area contributed by atoms with Crippen molar-refractivity contribution in [3.63, 3.8) is 0 Å². The predicted octanol–water partition coefficient (Wildman–Crippen LogP) is 3.21. The van der Waals surface area contributed by atoms with Crippen molar-refractivity contribution >= 4 is 0 Å². The third-order valence-electron chi connectivity index (χ3n) is 4.92. The van der Waals surface area contributed by atoms with Gasteiger partial charge in [-0.3, -0.25) is 14.1 Å². The Kier molecular flexibility index (Phi) is 4.61. The van der Waals surface area contributed by atoms with Crippen molar-refractivity contribution in [2.45, 2.75) is 45.3 Å². The van der Waals surface area contributed by atoms with Gasteiger partial charge in [-0.1, -0.05) is 24.6 Å². The smallest absolute Gasteiger partial charge is 0.154 e. The second-order valence-electron chi connectivity index (χ2n) is 6.58. The van der Waals surface area contributed by atoms with E-state index in [1.807, 2.05) is 23.3 Å². The summed E-state index contributed by atoms with van der Waals surface area (Å²) in [7, 11) is 0. The molecule has 1 atom stereocenters. The quantitative estimate of drug-likeness (QED) is 0.718. The number of rotatable bonds is 5. The Bertz CT molecular complexity index is 806. The molecule has 0 bridgehead atoms. The van der Waals surface area contributed by atoms with Crippen molar-refractivity contribution in [3.05, 3.63) is 60.4 Å². The van der Waals surface area contributed by atoms with Gasteiger partial charge in [0.1, 0.15) is 6.33 Å². The lowest BCUT2D eigenvalue weighted by Crippen LogP contribution is -2.34. The number of benzene rings is 1. The van der Waals surface area contributed by atoms with Crippen molar-refractivity contribution in [3.8, 4) is 5.69 Å². The normalized spacial score (nSPS) is 18.5. The molecular weight excluding hydrogens is 312 g/mol. The third-order valence-corrected chi connectivity index (χ3v) is 4.92. The van der Waals surface area contributed by atoms with E-state index in [0.717, 1.165) is 37.6 Å². The fraction of sp³-hybridized carbons (Fsp3) is 0.421. The first-order chi connectivity index (χ1) is 12.3. The van der Waals surface area contributed by atoms with Gasteiger partial charge in [0, 0.05) is 30.5 Å². The zero-order valence-corrected chi connectivity index (χ0v) is 14.6. The number of hydrogen-bond donors (Lipinski definition) is 0. The minimum atomic E-state index is 0.293. The molecule has 0 N–H and O–H groups in total. The van der Waals surface area contributed by atoms with Crippen molar-refractivity contribution in [2.75, 3.05) is 6.54 Å². The molecule has 130 valence electrons. The maximum atomic E-state index is 4.48. The summed E-state index contributed by atoms with van der Waals surface area (Å²) in [5.41, 5.74) is 2.38. The van der Waals surface area contributed by atoms with E-state index in [0.29, 0.717) is 6.04 Å². The van der Waals surface area contributed by atoms with Crippen molar-refractivity contribution in [1.29, 1.82) is 0 Å². The van der Waals surface area contributed by atoms with E-state index in [1.165, 1.54) is 18.4 Å². The molecule has 0 radical (unpaired) electrons. The molecule has 1 aliphatic heterocycles. The average Bonchev–Trinajstić information content (AvgIpc) is 3.32. The van der Waals surface area contributed by atoms with E-state index < -0.39 is 0 Å². The van der Waals surface area contributed by atoms with Gasteiger partial charge in [0.25, 0.3) is 0 Å². The minimum absolute atomic E-state index is 0.293. The largest absolute Gasteiger partial charge is 0.289 e. The maximum absolute atomic E-state index is 4.48. The topological polar surface area (TPSA) is 51.8 Å². The second kappa shape index (κ2) is 7.19. The van der Waals surface area contributed by atoms with Gasteiger partial charge in [-0.2, -0.15) is 5.10 Å². The molecule has 6 heteroatoms. The minimum Gasteiger partial charge on any atom is -0.289 e. The summed E-state index contributed by atoms with van der Waals surface area (Å²) in [6, 6.07) is 10.6. The van der Waals surface area contributed by atoms with Crippen LogP contribution in [0.3, 0.4) is 0 Å². The first kappa shape index (κ1) is 16.0. The van der Waals surface area contributed by atoms with Crippen LogP contribution in [-0.2, 0) is 13.1 Å². The lowest BCUT2D eigenvalue weighted by atomic mass is 10.0. The molecule has 0 amide bonds. The molecule has 1 aromatic carbocycles. The highest BCUT2D eigenvalue weighted by Gasteiger charge is 2.28. The van der Waals surface area contributed by atoms with Crippen LogP contribution in [-0.4, -0.2) is 36.0 Å². The summed E-state index contributed by atoms with van der Waals surface area (Å²) >= 11 is 0. The Morgan fingerprint density at radius 1 is 1.16 bits per heavy atom. The number of para-hydroxylation sites is 1. The molecule has 0 aliphatic carbocycles. The fourth-order valence-corrected chi connectivity index (χ4v) is 3.63. The summed E-state index contributed by atoms with van der Waals surface area (Å²) in [6.07, 6.45) is 9.54. The molecule has 3 heterocycles. The summed E-state index contributed by atoms with van der Waals surface area (Å²) in [6.45, 7) is 5.02. The maximum Gasteiger partial charge on any atom is 0.154 e. The first-order valence-corrected chi connectivity index (χ1v) is 9.06. The number of nitrogens with zero attached hydrogens (tertiary/aromatic N) is 6. The van der Waals surface area contributed by atoms with Crippen molar-refractivity contribution < 1.29 is 0 Å². The fourth-order valence-electron chi connectivity index (χ4n) is 3.63. The summed E-state index contributed by atoms with van der Waals surface area (Å²) in [4.78, 5) is 2.52. The standard InChI is InChI=1S/C19H24N6/c1-2-24-14-16(12-21-24)13-23-11-7-6-10-18(23)19-22-20-15-25(19)17-8-4-3-5-9-17/h3-5,8-9,12,14-15,18H,2,6-7,10-11,13H2,1H3/t18-/m1/s1. The summed E-state index contributed by atoms with van der Waals surface area (Å²) in [5.74, 6) is 1.04. The highest BCUT2D eigenvalue weighted by molar-refractivity contribution is 5.32. The van der Waals surface area contributed by atoms with Gasteiger partial charge in [-0.05, 0) is 38.4 Å². The van der Waals surface area contributed by atoms with E-state index >= 15 is 0 Å². The Morgan fingerprint density at radius 2 is 2.04 bits per heavy atom. The first-order valence-electron chi connectivity index (χ1n) is 9.06. The highest BCUT2D eigenvalue weighted by Crippen LogP contribution is 2.32. The molecule has 2 aromatic heterocycles. The van der Waals surface area contributed by atoms with Crippen LogP contribution >= 0.6 is 0 Å². The molecule has 0 spiro atoms. The number of aryl methyl sites for hydroxylation is 1. The molecule has 6 nitrogen and oxygen atoms in total. The molecule has 0 saturated carbocycles. The van der Waals surface area contributed by atoms with Crippen LogP contribution in [0.15, 0.2) is 49.1 Å². The highest BCUT2D eigenvalue weighted by atomic mass is 15.3. The van der Waals surface area contributed by atoms with Crippen LogP contribution in [0.4, 0.5) is 0 Å². The average molecular weight is 336 g/mol. The number of piperidine rings is 1. The molecule has 0 unspecified atom stereocenters. The van der Waals surface area contributed by atoms with Gasteiger partial charge in [0.15, 0.2) is 5.82 Å². The van der Waals surface area contributed by atoms with E-state index in [-0.39, 0.29) is 0 Å². The Morgan fingerprint density at radius 3 is 2.84 bits per heavy atom. The molecular formula is C19H24N6. The summed E-state index contributed by atoms with van der Waals surface area (Å²) in [5, 5.41) is 13.1. The number of likely N-dealkylation sites (tertiary alicyclic amines) is 1. The Balaban J connectivity index is 1.60. The van der Waals surface area contributed by atoms with Gasteiger partial charge in [-0.15, -0.1) is 10.2 Å². The van der Waals surface area contributed by atoms with Crippen LogP contribution in [0.2, 0.25) is 0 Å². The number of hydrogen-bond acceptors (Lipinski definition) is 4. The number of aromatic nitrogens is 5. The van der Waals surface area contributed by atoms with E-state index in [4.69, 9.17) is 0 Å². The van der Waals surface area contributed by atoms with Crippen molar-refractivity contribution in [2.24, 2.45) is 0 Å². The monoisotopic (exact) mass is 336 g/mol. The molecule has 25 heavy (non-hydrogen) atoms. The van der Waals surface area contributed by atoms with E-state index in [2.05, 4.69) is 62.1 Å². The van der Waals surface area contributed by atoms with Crippen LogP contribution in [0.5, 0.6) is 0 Å². The molecule has 3 aromatic rings. The second-order valence-corrected chi connectivity index (χ2v) is 6.58. The lowest BCUT2D eigenvalue weighted by molar-refractivity contribution is 0.132. The predicted molar refractivity (Wildman–Crippen MR) is 96.3 cm³/mol.